The van der Waals surface area contributed by atoms with Gasteiger partial charge in [0.15, 0.2) is 0 Å². The lowest BCUT2D eigenvalue weighted by Gasteiger charge is -2.17. The molecule has 0 saturated carbocycles. The van der Waals surface area contributed by atoms with Gasteiger partial charge in [0, 0.05) is 10.0 Å². The van der Waals surface area contributed by atoms with Crippen molar-refractivity contribution in [3.05, 3.63) is 100 Å². The van der Waals surface area contributed by atoms with Gasteiger partial charge in [-0.1, -0.05) is 76.6 Å². The Labute approximate surface area is 157 Å². The van der Waals surface area contributed by atoms with E-state index in [0.717, 1.165) is 27.8 Å². The predicted molar refractivity (Wildman–Crippen MR) is 105 cm³/mol. The van der Waals surface area contributed by atoms with Crippen molar-refractivity contribution in [1.82, 2.24) is 0 Å². The van der Waals surface area contributed by atoms with Crippen molar-refractivity contribution >= 4 is 15.9 Å². The molecule has 0 aromatic heterocycles. The van der Waals surface area contributed by atoms with Crippen molar-refractivity contribution in [3.63, 3.8) is 0 Å². The Morgan fingerprint density at radius 2 is 1.48 bits per heavy atom. The summed E-state index contributed by atoms with van der Waals surface area (Å²) in [6.45, 7) is 0.487. The highest BCUT2D eigenvalue weighted by molar-refractivity contribution is 9.10. The monoisotopic (exact) mass is 396 g/mol. The third-order valence-electron chi connectivity index (χ3n) is 4.12. The summed E-state index contributed by atoms with van der Waals surface area (Å²) in [6, 6.07) is 26.1. The zero-order chi connectivity index (χ0) is 17.5. The summed E-state index contributed by atoms with van der Waals surface area (Å²) in [5, 5.41) is 10.7. The molecular formula is C22H21BrO2. The van der Waals surface area contributed by atoms with Gasteiger partial charge in [-0.25, -0.2) is 0 Å². The van der Waals surface area contributed by atoms with Crippen molar-refractivity contribution < 1.29 is 9.84 Å². The fourth-order valence-electron chi connectivity index (χ4n) is 2.75. The molecule has 1 unspecified atom stereocenters. The van der Waals surface area contributed by atoms with Crippen LogP contribution in [0.1, 0.15) is 29.2 Å². The average molecular weight is 397 g/mol. The molecule has 3 aromatic carbocycles. The van der Waals surface area contributed by atoms with Gasteiger partial charge in [0.1, 0.15) is 12.4 Å². The lowest BCUT2D eigenvalue weighted by molar-refractivity contribution is 0.161. The smallest absolute Gasteiger partial charge is 0.125 e. The van der Waals surface area contributed by atoms with Crippen molar-refractivity contribution in [3.8, 4) is 5.75 Å². The number of aliphatic hydroxyl groups is 1. The first-order chi connectivity index (χ1) is 12.2. The Balaban J connectivity index is 1.69. The number of hydrogen-bond donors (Lipinski definition) is 1. The number of rotatable bonds is 7. The molecule has 3 aromatic rings. The van der Waals surface area contributed by atoms with E-state index in [9.17, 15) is 5.11 Å². The van der Waals surface area contributed by atoms with E-state index in [0.29, 0.717) is 13.0 Å². The van der Waals surface area contributed by atoms with Crippen LogP contribution in [0.2, 0.25) is 0 Å². The Morgan fingerprint density at radius 3 is 2.16 bits per heavy atom. The maximum absolute atomic E-state index is 10.7. The maximum atomic E-state index is 10.7. The molecule has 1 N–H and O–H groups in total. The SMILES string of the molecule is OC(CCc1ccccc1)c1cc(Br)ccc1OCc1ccccc1. The predicted octanol–water partition coefficient (Wildman–Crippen LogP) is 5.69. The first kappa shape index (κ1) is 17.7. The maximum Gasteiger partial charge on any atom is 0.125 e. The summed E-state index contributed by atoms with van der Waals surface area (Å²) >= 11 is 3.49. The van der Waals surface area contributed by atoms with Crippen LogP contribution in [0.3, 0.4) is 0 Å². The van der Waals surface area contributed by atoms with Crippen LogP contribution in [0.15, 0.2) is 83.3 Å². The number of ether oxygens (including phenoxy) is 1. The van der Waals surface area contributed by atoms with E-state index >= 15 is 0 Å². The van der Waals surface area contributed by atoms with Crippen LogP contribution in [0, 0.1) is 0 Å². The second kappa shape index (κ2) is 8.84. The van der Waals surface area contributed by atoms with E-state index in [1.54, 1.807) is 0 Å². The summed E-state index contributed by atoms with van der Waals surface area (Å²) in [5.41, 5.74) is 3.15. The van der Waals surface area contributed by atoms with Gasteiger partial charge in [0.05, 0.1) is 6.10 Å². The third kappa shape index (κ3) is 5.18. The van der Waals surface area contributed by atoms with E-state index in [4.69, 9.17) is 4.74 Å². The zero-order valence-electron chi connectivity index (χ0n) is 13.9. The van der Waals surface area contributed by atoms with Gasteiger partial charge in [0.25, 0.3) is 0 Å². The van der Waals surface area contributed by atoms with E-state index in [-0.39, 0.29) is 0 Å². The van der Waals surface area contributed by atoms with E-state index in [1.807, 2.05) is 66.7 Å². The second-order valence-corrected chi connectivity index (χ2v) is 6.91. The van der Waals surface area contributed by atoms with Crippen LogP contribution in [0.4, 0.5) is 0 Å². The van der Waals surface area contributed by atoms with Crippen LogP contribution in [-0.2, 0) is 13.0 Å². The molecule has 25 heavy (non-hydrogen) atoms. The molecule has 3 heteroatoms. The van der Waals surface area contributed by atoms with Crippen molar-refractivity contribution in [2.75, 3.05) is 0 Å². The topological polar surface area (TPSA) is 29.5 Å². The zero-order valence-corrected chi connectivity index (χ0v) is 15.5. The van der Waals surface area contributed by atoms with Gasteiger partial charge >= 0.3 is 0 Å². The lowest BCUT2D eigenvalue weighted by Crippen LogP contribution is -2.04. The van der Waals surface area contributed by atoms with Gasteiger partial charge < -0.3 is 9.84 Å². The summed E-state index contributed by atoms with van der Waals surface area (Å²) in [7, 11) is 0. The van der Waals surface area contributed by atoms with Gasteiger partial charge in [0.2, 0.25) is 0 Å². The van der Waals surface area contributed by atoms with E-state index in [1.165, 1.54) is 5.56 Å². The third-order valence-corrected chi connectivity index (χ3v) is 4.61. The van der Waals surface area contributed by atoms with Gasteiger partial charge in [-0.05, 0) is 42.2 Å². The van der Waals surface area contributed by atoms with Gasteiger partial charge in [-0.2, -0.15) is 0 Å². The minimum Gasteiger partial charge on any atom is -0.489 e. The molecule has 0 saturated heterocycles. The van der Waals surface area contributed by atoms with Crippen molar-refractivity contribution in [2.24, 2.45) is 0 Å². The van der Waals surface area contributed by atoms with E-state index < -0.39 is 6.10 Å². The average Bonchev–Trinajstić information content (AvgIpc) is 2.66. The molecule has 0 bridgehead atoms. The summed E-state index contributed by atoms with van der Waals surface area (Å²) in [4.78, 5) is 0. The summed E-state index contributed by atoms with van der Waals surface area (Å²) in [5.74, 6) is 0.729. The van der Waals surface area contributed by atoms with Crippen LogP contribution < -0.4 is 4.74 Å². The Kier molecular flexibility index (Phi) is 6.26. The van der Waals surface area contributed by atoms with Crippen LogP contribution in [0.25, 0.3) is 0 Å². The molecule has 0 radical (unpaired) electrons. The highest BCUT2D eigenvalue weighted by atomic mass is 79.9. The lowest BCUT2D eigenvalue weighted by atomic mass is 10.0. The number of aliphatic hydroxyl groups excluding tert-OH is 1. The standard InChI is InChI=1S/C22H21BrO2/c23-19-12-14-22(25-16-18-9-5-2-6-10-18)20(15-19)21(24)13-11-17-7-3-1-4-8-17/h1-10,12,14-15,21,24H,11,13,16H2. The van der Waals surface area contributed by atoms with Crippen molar-refractivity contribution in [2.45, 2.75) is 25.6 Å². The van der Waals surface area contributed by atoms with Gasteiger partial charge in [-0.15, -0.1) is 0 Å². The minimum atomic E-state index is -0.566. The molecule has 0 aliphatic rings. The molecule has 0 heterocycles. The highest BCUT2D eigenvalue weighted by Crippen LogP contribution is 2.31. The molecule has 2 nitrogen and oxygen atoms in total. The molecule has 0 amide bonds. The second-order valence-electron chi connectivity index (χ2n) is 6.00. The number of hydrogen-bond acceptors (Lipinski definition) is 2. The molecule has 128 valence electrons. The summed E-state index contributed by atoms with van der Waals surface area (Å²) in [6.07, 6.45) is 0.915. The molecule has 0 fully saturated rings. The molecular weight excluding hydrogens is 376 g/mol. The number of aryl methyl sites for hydroxylation is 1. The molecule has 0 spiro atoms. The number of benzene rings is 3. The number of halogens is 1. The molecule has 0 aliphatic heterocycles. The highest BCUT2D eigenvalue weighted by Gasteiger charge is 2.14. The minimum absolute atomic E-state index is 0.487. The van der Waals surface area contributed by atoms with E-state index in [2.05, 4.69) is 28.1 Å². The van der Waals surface area contributed by atoms with Crippen LogP contribution in [-0.4, -0.2) is 5.11 Å². The van der Waals surface area contributed by atoms with Crippen LogP contribution >= 0.6 is 15.9 Å². The molecule has 3 rings (SSSR count). The van der Waals surface area contributed by atoms with Gasteiger partial charge in [-0.3, -0.25) is 0 Å². The largest absolute Gasteiger partial charge is 0.489 e. The van der Waals surface area contributed by atoms with Crippen LogP contribution in [0.5, 0.6) is 5.75 Å². The first-order valence-electron chi connectivity index (χ1n) is 8.40. The fraction of sp³-hybridized carbons (Fsp3) is 0.182. The summed E-state index contributed by atoms with van der Waals surface area (Å²) < 4.78 is 6.91. The normalized spacial score (nSPS) is 11.9. The Bertz CT molecular complexity index is 788. The quantitative estimate of drug-likeness (QED) is 0.555. The van der Waals surface area contributed by atoms with Crippen molar-refractivity contribution in [1.29, 1.82) is 0 Å². The Hall–Kier alpha value is -2.10. The fourth-order valence-corrected chi connectivity index (χ4v) is 3.13. The molecule has 0 aliphatic carbocycles. The molecule has 1 atom stereocenters. The first-order valence-corrected chi connectivity index (χ1v) is 9.20. The Morgan fingerprint density at radius 1 is 0.840 bits per heavy atom.